The molecular formula is C12H16ClN5O. The van der Waals surface area contributed by atoms with Crippen molar-refractivity contribution in [1.29, 1.82) is 0 Å². The summed E-state index contributed by atoms with van der Waals surface area (Å²) in [6.45, 7) is 1.78. The molecule has 0 radical (unpaired) electrons. The van der Waals surface area contributed by atoms with Gasteiger partial charge in [0.2, 0.25) is 5.91 Å². The van der Waals surface area contributed by atoms with Gasteiger partial charge in [-0.05, 0) is 19.1 Å². The van der Waals surface area contributed by atoms with Crippen molar-refractivity contribution in [1.82, 2.24) is 14.8 Å². The smallest absolute Gasteiger partial charge is 0.247 e. The number of carbonyl (C=O) groups excluding carboxylic acids is 1. The van der Waals surface area contributed by atoms with Crippen molar-refractivity contribution in [3.63, 3.8) is 0 Å². The number of pyridine rings is 1. The quantitative estimate of drug-likeness (QED) is 0.894. The molecule has 19 heavy (non-hydrogen) atoms. The molecule has 7 heteroatoms. The molecule has 0 spiro atoms. The normalized spacial score (nSPS) is 11.3. The Labute approximate surface area is 117 Å². The Morgan fingerprint density at radius 1 is 1.32 bits per heavy atom. The zero-order chi connectivity index (χ0) is 13.0. The third-order valence-corrected chi connectivity index (χ3v) is 2.49. The predicted octanol–water partition coefficient (Wildman–Crippen LogP) is 1.68. The fourth-order valence-corrected chi connectivity index (χ4v) is 1.47. The van der Waals surface area contributed by atoms with Crippen molar-refractivity contribution in [3.8, 4) is 0 Å². The summed E-state index contributed by atoms with van der Waals surface area (Å²) < 4.78 is 1.60. The second-order valence-corrected chi connectivity index (χ2v) is 3.91. The van der Waals surface area contributed by atoms with E-state index in [1.165, 1.54) is 0 Å². The molecule has 2 heterocycles. The van der Waals surface area contributed by atoms with E-state index in [2.05, 4.69) is 20.7 Å². The van der Waals surface area contributed by atoms with Gasteiger partial charge in [0.15, 0.2) is 0 Å². The summed E-state index contributed by atoms with van der Waals surface area (Å²) >= 11 is 0. The van der Waals surface area contributed by atoms with Crippen molar-refractivity contribution >= 4 is 29.9 Å². The number of nitrogens with one attached hydrogen (secondary N) is 2. The standard InChI is InChI=1S/C12H15N5O.ClH/c1-9(15-10-5-3-4-7-13-10)12(18)16-11-6-8-14-17(11)2;/h3-9H,1-2H3,(H,13,15)(H,16,18);1H/t9-;/m1./s1. The van der Waals surface area contributed by atoms with Gasteiger partial charge in [-0.1, -0.05) is 6.07 Å². The fourth-order valence-electron chi connectivity index (χ4n) is 1.47. The van der Waals surface area contributed by atoms with E-state index in [9.17, 15) is 4.79 Å². The molecule has 0 bridgehead atoms. The van der Waals surface area contributed by atoms with Gasteiger partial charge in [-0.3, -0.25) is 9.48 Å². The van der Waals surface area contributed by atoms with Crippen LogP contribution in [0, 0.1) is 0 Å². The maximum Gasteiger partial charge on any atom is 0.247 e. The molecule has 0 unspecified atom stereocenters. The van der Waals surface area contributed by atoms with Crippen LogP contribution in [0.2, 0.25) is 0 Å². The summed E-state index contributed by atoms with van der Waals surface area (Å²) in [4.78, 5) is 16.0. The molecule has 1 amide bonds. The monoisotopic (exact) mass is 281 g/mol. The summed E-state index contributed by atoms with van der Waals surface area (Å²) in [5, 5.41) is 9.78. The summed E-state index contributed by atoms with van der Waals surface area (Å²) in [7, 11) is 1.77. The summed E-state index contributed by atoms with van der Waals surface area (Å²) in [5.41, 5.74) is 0. The Kier molecular flexibility index (Phi) is 5.32. The molecule has 0 aliphatic carbocycles. The fraction of sp³-hybridized carbons (Fsp3) is 0.250. The van der Waals surface area contributed by atoms with E-state index in [0.717, 1.165) is 0 Å². The zero-order valence-corrected chi connectivity index (χ0v) is 11.5. The molecule has 6 nitrogen and oxygen atoms in total. The molecule has 0 aromatic carbocycles. The molecule has 2 aromatic heterocycles. The van der Waals surface area contributed by atoms with E-state index in [4.69, 9.17) is 0 Å². The van der Waals surface area contributed by atoms with Crippen LogP contribution < -0.4 is 10.6 Å². The highest BCUT2D eigenvalue weighted by molar-refractivity contribution is 5.95. The Morgan fingerprint density at radius 3 is 2.68 bits per heavy atom. The Balaban J connectivity index is 0.00000180. The van der Waals surface area contributed by atoms with Gasteiger partial charge in [-0.25, -0.2) is 4.98 Å². The van der Waals surface area contributed by atoms with Crippen molar-refractivity contribution < 1.29 is 4.79 Å². The minimum Gasteiger partial charge on any atom is -0.359 e. The number of aromatic nitrogens is 3. The molecule has 2 aromatic rings. The lowest BCUT2D eigenvalue weighted by Crippen LogP contribution is -2.32. The molecule has 0 aliphatic heterocycles. The van der Waals surface area contributed by atoms with Crippen molar-refractivity contribution in [3.05, 3.63) is 36.7 Å². The Bertz CT molecular complexity index is 528. The predicted molar refractivity (Wildman–Crippen MR) is 76.4 cm³/mol. The molecule has 0 fully saturated rings. The number of anilines is 2. The average Bonchev–Trinajstić information content (AvgIpc) is 2.76. The number of carbonyl (C=O) groups is 1. The van der Waals surface area contributed by atoms with E-state index in [-0.39, 0.29) is 24.4 Å². The van der Waals surface area contributed by atoms with Gasteiger partial charge in [0.1, 0.15) is 17.7 Å². The van der Waals surface area contributed by atoms with E-state index < -0.39 is 0 Å². The number of rotatable bonds is 4. The zero-order valence-electron chi connectivity index (χ0n) is 10.7. The van der Waals surface area contributed by atoms with Crippen LogP contribution in [0.5, 0.6) is 0 Å². The topological polar surface area (TPSA) is 71.8 Å². The molecule has 0 aliphatic rings. The summed E-state index contributed by atoms with van der Waals surface area (Å²) in [5.74, 6) is 1.20. The van der Waals surface area contributed by atoms with Crippen LogP contribution in [0.25, 0.3) is 0 Å². The number of nitrogens with zero attached hydrogens (tertiary/aromatic N) is 3. The molecule has 102 valence electrons. The van der Waals surface area contributed by atoms with Gasteiger partial charge in [-0.2, -0.15) is 5.10 Å². The van der Waals surface area contributed by atoms with E-state index in [1.54, 1.807) is 37.1 Å². The lowest BCUT2D eigenvalue weighted by atomic mass is 10.3. The summed E-state index contributed by atoms with van der Waals surface area (Å²) in [6.07, 6.45) is 3.31. The third kappa shape index (κ3) is 3.96. The highest BCUT2D eigenvalue weighted by atomic mass is 35.5. The van der Waals surface area contributed by atoms with E-state index in [1.807, 2.05) is 18.2 Å². The van der Waals surface area contributed by atoms with Gasteiger partial charge >= 0.3 is 0 Å². The maximum atomic E-state index is 11.9. The lowest BCUT2D eigenvalue weighted by Gasteiger charge is -2.14. The van der Waals surface area contributed by atoms with Crippen molar-refractivity contribution in [2.24, 2.45) is 7.05 Å². The Morgan fingerprint density at radius 2 is 2.11 bits per heavy atom. The second-order valence-electron chi connectivity index (χ2n) is 3.91. The minimum atomic E-state index is -0.380. The van der Waals surface area contributed by atoms with Crippen LogP contribution in [0.3, 0.4) is 0 Å². The summed E-state index contributed by atoms with van der Waals surface area (Å²) in [6, 6.07) is 6.86. The van der Waals surface area contributed by atoms with Crippen molar-refractivity contribution in [2.75, 3.05) is 10.6 Å². The largest absolute Gasteiger partial charge is 0.359 e. The van der Waals surface area contributed by atoms with E-state index >= 15 is 0 Å². The first-order chi connectivity index (χ1) is 8.66. The number of hydrogen-bond acceptors (Lipinski definition) is 4. The highest BCUT2D eigenvalue weighted by Gasteiger charge is 2.14. The lowest BCUT2D eigenvalue weighted by molar-refractivity contribution is -0.116. The first kappa shape index (κ1) is 15.0. The maximum absolute atomic E-state index is 11.9. The SMILES string of the molecule is C[C@@H](Nc1ccccn1)C(=O)Nc1ccnn1C.Cl. The first-order valence-corrected chi connectivity index (χ1v) is 5.63. The Hall–Kier alpha value is -2.08. The van der Waals surface area contributed by atoms with Gasteiger partial charge < -0.3 is 10.6 Å². The number of amides is 1. The van der Waals surface area contributed by atoms with Gasteiger partial charge in [0, 0.05) is 19.3 Å². The first-order valence-electron chi connectivity index (χ1n) is 5.63. The van der Waals surface area contributed by atoms with E-state index in [0.29, 0.717) is 11.6 Å². The molecule has 0 saturated heterocycles. The third-order valence-electron chi connectivity index (χ3n) is 2.49. The van der Waals surface area contributed by atoms with Gasteiger partial charge in [0.25, 0.3) is 0 Å². The van der Waals surface area contributed by atoms with Crippen LogP contribution in [0.15, 0.2) is 36.7 Å². The number of hydrogen-bond donors (Lipinski definition) is 2. The molecule has 1 atom stereocenters. The minimum absolute atomic E-state index is 0. The van der Waals surface area contributed by atoms with Gasteiger partial charge in [0.05, 0.1) is 6.20 Å². The highest BCUT2D eigenvalue weighted by Crippen LogP contribution is 2.07. The molecule has 2 rings (SSSR count). The molecule has 0 saturated carbocycles. The second kappa shape index (κ2) is 6.75. The van der Waals surface area contributed by atoms with Crippen LogP contribution in [0.1, 0.15) is 6.92 Å². The molecular weight excluding hydrogens is 266 g/mol. The number of halogens is 1. The van der Waals surface area contributed by atoms with Crippen LogP contribution in [-0.2, 0) is 11.8 Å². The van der Waals surface area contributed by atoms with Crippen molar-refractivity contribution in [2.45, 2.75) is 13.0 Å². The number of aryl methyl sites for hydroxylation is 1. The van der Waals surface area contributed by atoms with Crippen LogP contribution in [0.4, 0.5) is 11.6 Å². The van der Waals surface area contributed by atoms with Crippen LogP contribution in [-0.4, -0.2) is 26.7 Å². The van der Waals surface area contributed by atoms with Crippen LogP contribution >= 0.6 is 12.4 Å². The van der Waals surface area contributed by atoms with Gasteiger partial charge in [-0.15, -0.1) is 12.4 Å². The average molecular weight is 282 g/mol. The molecule has 2 N–H and O–H groups in total.